The minimum Gasteiger partial charge on any atom is -0.448 e. The van der Waals surface area contributed by atoms with Gasteiger partial charge in [0.15, 0.2) is 0 Å². The van der Waals surface area contributed by atoms with Crippen molar-refractivity contribution in [3.05, 3.63) is 4.91 Å². The van der Waals surface area contributed by atoms with Crippen molar-refractivity contribution in [2.24, 2.45) is 5.29 Å². The number of nitrogens with zero attached hydrogens (tertiary/aromatic N) is 2. The van der Waals surface area contributed by atoms with Crippen molar-refractivity contribution >= 4 is 12.4 Å². The van der Waals surface area contributed by atoms with Crippen molar-refractivity contribution in [3.63, 3.8) is 0 Å². The van der Waals surface area contributed by atoms with E-state index in [4.69, 9.17) is 0 Å². The van der Waals surface area contributed by atoms with Crippen LogP contribution in [-0.4, -0.2) is 30.5 Å². The van der Waals surface area contributed by atoms with Crippen molar-refractivity contribution in [2.75, 3.05) is 13.2 Å². The molecule has 0 unspecified atom stereocenters. The molecule has 0 bridgehead atoms. The summed E-state index contributed by atoms with van der Waals surface area (Å²) in [4.78, 5) is 30.9. The second-order valence-electron chi connectivity index (χ2n) is 2.21. The zero-order chi connectivity index (χ0) is 10.1. The van der Waals surface area contributed by atoms with Gasteiger partial charge in [-0.1, -0.05) is 0 Å². The predicted octanol–water partition coefficient (Wildman–Crippen LogP) is 1.11. The highest BCUT2D eigenvalue weighted by Gasteiger charge is 2.13. The van der Waals surface area contributed by atoms with Crippen LogP contribution in [0.2, 0.25) is 0 Å². The van der Waals surface area contributed by atoms with E-state index >= 15 is 0 Å². The Morgan fingerprint density at radius 3 is 2.77 bits per heavy atom. The second kappa shape index (κ2) is 7.20. The number of carbonyl (C=O) groups excluding carboxylic acids is 2. The third-order valence-corrected chi connectivity index (χ3v) is 1.27. The number of amides is 1. The van der Waals surface area contributed by atoms with Crippen LogP contribution in [0.15, 0.2) is 5.29 Å². The van der Waals surface area contributed by atoms with Crippen LogP contribution in [0.1, 0.15) is 19.8 Å². The Kier molecular flexibility index (Phi) is 6.39. The Bertz CT molecular complexity index is 183. The van der Waals surface area contributed by atoms with Crippen LogP contribution in [-0.2, 0) is 9.53 Å². The molecule has 0 aromatic carbocycles. The number of aldehydes is 1. The molecular weight excluding hydrogens is 176 g/mol. The molecule has 0 aliphatic rings. The molecule has 0 aliphatic heterocycles. The molecule has 6 heteroatoms. The third kappa shape index (κ3) is 4.89. The molecule has 0 saturated heterocycles. The summed E-state index contributed by atoms with van der Waals surface area (Å²) < 4.78 is 4.53. The van der Waals surface area contributed by atoms with Gasteiger partial charge in [0.25, 0.3) is 0 Å². The van der Waals surface area contributed by atoms with Gasteiger partial charge in [-0.3, -0.25) is 0 Å². The zero-order valence-electron chi connectivity index (χ0n) is 7.43. The summed E-state index contributed by atoms with van der Waals surface area (Å²) in [5.41, 5.74) is 0. The average molecular weight is 188 g/mol. The normalized spacial score (nSPS) is 9.00. The van der Waals surface area contributed by atoms with Gasteiger partial charge in [-0.25, -0.2) is 4.79 Å². The SMILES string of the molecule is CCOC(=O)N(CCCC=O)N=O. The molecule has 0 atom stereocenters. The van der Waals surface area contributed by atoms with Crippen LogP contribution in [0.3, 0.4) is 0 Å². The van der Waals surface area contributed by atoms with Crippen LogP contribution in [0.5, 0.6) is 0 Å². The number of hydrogen-bond donors (Lipinski definition) is 0. The van der Waals surface area contributed by atoms with Crippen LogP contribution >= 0.6 is 0 Å². The molecule has 0 radical (unpaired) electrons. The van der Waals surface area contributed by atoms with Crippen molar-refractivity contribution in [1.29, 1.82) is 0 Å². The van der Waals surface area contributed by atoms with E-state index in [1.54, 1.807) is 6.92 Å². The molecule has 13 heavy (non-hydrogen) atoms. The van der Waals surface area contributed by atoms with E-state index in [1.807, 2.05) is 0 Å². The minimum absolute atomic E-state index is 0.112. The first-order valence-electron chi connectivity index (χ1n) is 3.97. The van der Waals surface area contributed by atoms with Crippen LogP contribution in [0.25, 0.3) is 0 Å². The van der Waals surface area contributed by atoms with Gasteiger partial charge >= 0.3 is 6.09 Å². The Balaban J connectivity index is 3.79. The average Bonchev–Trinajstić information content (AvgIpc) is 2.13. The van der Waals surface area contributed by atoms with E-state index in [-0.39, 0.29) is 13.2 Å². The summed E-state index contributed by atoms with van der Waals surface area (Å²) in [6, 6.07) is 0. The van der Waals surface area contributed by atoms with E-state index in [2.05, 4.69) is 10.0 Å². The maximum absolute atomic E-state index is 10.9. The van der Waals surface area contributed by atoms with Crippen LogP contribution in [0, 0.1) is 4.91 Å². The highest BCUT2D eigenvalue weighted by atomic mass is 16.6. The highest BCUT2D eigenvalue weighted by Crippen LogP contribution is 1.98. The largest absolute Gasteiger partial charge is 0.448 e. The lowest BCUT2D eigenvalue weighted by atomic mass is 10.3. The molecule has 74 valence electrons. The van der Waals surface area contributed by atoms with Gasteiger partial charge in [0.1, 0.15) is 6.29 Å². The molecule has 0 N–H and O–H groups in total. The molecule has 0 aromatic rings. The number of nitroso groups, excluding NO2 is 1. The monoisotopic (exact) mass is 188 g/mol. The van der Waals surface area contributed by atoms with Crippen molar-refractivity contribution in [1.82, 2.24) is 5.01 Å². The van der Waals surface area contributed by atoms with Crippen LogP contribution in [0.4, 0.5) is 4.79 Å². The Labute approximate surface area is 75.8 Å². The molecule has 0 aliphatic carbocycles. The lowest BCUT2D eigenvalue weighted by molar-refractivity contribution is -0.108. The molecule has 0 spiro atoms. The molecular formula is C7H12N2O4. The lowest BCUT2D eigenvalue weighted by Gasteiger charge is -2.11. The third-order valence-electron chi connectivity index (χ3n) is 1.27. The molecule has 0 saturated carbocycles. The number of rotatable bonds is 6. The van der Waals surface area contributed by atoms with Crippen molar-refractivity contribution in [3.8, 4) is 0 Å². The Morgan fingerprint density at radius 2 is 2.31 bits per heavy atom. The van der Waals surface area contributed by atoms with E-state index in [1.165, 1.54) is 0 Å². The summed E-state index contributed by atoms with van der Waals surface area (Å²) in [6.45, 7) is 1.94. The van der Waals surface area contributed by atoms with E-state index in [0.29, 0.717) is 24.1 Å². The molecule has 0 aromatic heterocycles. The standard InChI is InChI=1S/C7H12N2O4/c1-2-13-7(11)9(8-12)5-3-4-6-10/h6H,2-5H2,1H3. The number of hydrogen-bond acceptors (Lipinski definition) is 5. The van der Waals surface area contributed by atoms with Gasteiger partial charge in [-0.15, -0.1) is 4.91 Å². The van der Waals surface area contributed by atoms with Gasteiger partial charge in [-0.2, -0.15) is 5.01 Å². The highest BCUT2D eigenvalue weighted by molar-refractivity contribution is 5.67. The van der Waals surface area contributed by atoms with Gasteiger partial charge in [0.2, 0.25) is 0 Å². The Hall–Kier alpha value is -1.46. The van der Waals surface area contributed by atoms with E-state index in [0.717, 1.165) is 0 Å². The number of ether oxygens (including phenoxy) is 1. The molecule has 6 nitrogen and oxygen atoms in total. The summed E-state index contributed by atoms with van der Waals surface area (Å²) in [5.74, 6) is 0. The van der Waals surface area contributed by atoms with Gasteiger partial charge in [0, 0.05) is 6.42 Å². The van der Waals surface area contributed by atoms with Gasteiger partial charge < -0.3 is 9.53 Å². The first-order valence-corrected chi connectivity index (χ1v) is 3.97. The first kappa shape index (κ1) is 11.5. The fourth-order valence-corrected chi connectivity index (χ4v) is 0.688. The maximum atomic E-state index is 10.9. The Morgan fingerprint density at radius 1 is 1.62 bits per heavy atom. The second-order valence-corrected chi connectivity index (χ2v) is 2.21. The quantitative estimate of drug-likeness (QED) is 0.271. The molecule has 1 amide bonds. The van der Waals surface area contributed by atoms with E-state index in [9.17, 15) is 14.5 Å². The van der Waals surface area contributed by atoms with Gasteiger partial charge in [-0.05, 0) is 13.3 Å². The first-order chi connectivity index (χ1) is 6.26. The van der Waals surface area contributed by atoms with Gasteiger partial charge in [0.05, 0.1) is 18.4 Å². The fourth-order valence-electron chi connectivity index (χ4n) is 0.688. The zero-order valence-corrected chi connectivity index (χ0v) is 7.43. The maximum Gasteiger partial charge on any atom is 0.432 e. The summed E-state index contributed by atoms with van der Waals surface area (Å²) in [5, 5.41) is 3.13. The van der Waals surface area contributed by atoms with Crippen LogP contribution < -0.4 is 0 Å². The fraction of sp³-hybridized carbons (Fsp3) is 0.714. The van der Waals surface area contributed by atoms with E-state index < -0.39 is 6.09 Å². The summed E-state index contributed by atoms with van der Waals surface area (Å²) in [6.07, 6.45) is 0.650. The molecule has 0 rings (SSSR count). The molecule has 0 fully saturated rings. The minimum atomic E-state index is -0.775. The number of carbonyl (C=O) groups is 2. The van der Waals surface area contributed by atoms with Crippen molar-refractivity contribution in [2.45, 2.75) is 19.8 Å². The molecule has 0 heterocycles. The lowest BCUT2D eigenvalue weighted by Crippen LogP contribution is -2.27. The topological polar surface area (TPSA) is 76.0 Å². The summed E-state index contributed by atoms with van der Waals surface area (Å²) in [7, 11) is 0. The van der Waals surface area contributed by atoms with Crippen molar-refractivity contribution < 1.29 is 14.3 Å². The number of unbranched alkanes of at least 4 members (excludes halogenated alkanes) is 1. The summed E-state index contributed by atoms with van der Waals surface area (Å²) >= 11 is 0. The smallest absolute Gasteiger partial charge is 0.432 e. The predicted molar refractivity (Wildman–Crippen MR) is 44.8 cm³/mol.